The molecule has 2 aliphatic rings. The third-order valence-corrected chi connectivity index (χ3v) is 3.30. The molecule has 3 heteroatoms. The summed E-state index contributed by atoms with van der Waals surface area (Å²) in [6.07, 6.45) is 6.02. The predicted octanol–water partition coefficient (Wildman–Crippen LogP) is 2.05. The van der Waals surface area contributed by atoms with Gasteiger partial charge in [-0.05, 0) is 24.7 Å². The van der Waals surface area contributed by atoms with E-state index < -0.39 is 0 Å². The zero-order valence-corrected chi connectivity index (χ0v) is 7.18. The number of hydrogen-bond donors (Lipinski definition) is 0. The number of carbonyl (C=O) groups is 1. The minimum atomic E-state index is -0.303. The van der Waals surface area contributed by atoms with E-state index in [0.29, 0.717) is 18.1 Å². The van der Waals surface area contributed by atoms with Crippen LogP contribution in [0.3, 0.4) is 0 Å². The smallest absolute Gasteiger partial charge is 0.250 e. The third kappa shape index (κ3) is 1.21. The molecule has 0 aromatic heterocycles. The molecule has 0 unspecified atom stereocenters. The monoisotopic (exact) mass is 171 g/mol. The first-order valence-corrected chi connectivity index (χ1v) is 4.68. The SMILES string of the molecule is O=C1CC2(CCCC2)CCN1F. The average Bonchev–Trinajstić information content (AvgIpc) is 2.47. The van der Waals surface area contributed by atoms with Crippen LogP contribution in [0.4, 0.5) is 4.48 Å². The highest BCUT2D eigenvalue weighted by molar-refractivity contribution is 5.76. The molecule has 0 bridgehead atoms. The maximum Gasteiger partial charge on any atom is 0.250 e. The van der Waals surface area contributed by atoms with Gasteiger partial charge in [0.15, 0.2) is 0 Å². The summed E-state index contributed by atoms with van der Waals surface area (Å²) in [5.74, 6) is -0.303. The summed E-state index contributed by atoms with van der Waals surface area (Å²) >= 11 is 0. The van der Waals surface area contributed by atoms with E-state index in [9.17, 15) is 9.28 Å². The standard InChI is InChI=1S/C9H14FNO/c10-11-6-5-9(7-8(11)12)3-1-2-4-9/h1-7H2. The van der Waals surface area contributed by atoms with Crippen LogP contribution in [0.15, 0.2) is 0 Å². The van der Waals surface area contributed by atoms with Crippen LogP contribution in [0.1, 0.15) is 38.5 Å². The van der Waals surface area contributed by atoms with Crippen LogP contribution in [0.25, 0.3) is 0 Å². The van der Waals surface area contributed by atoms with Gasteiger partial charge >= 0.3 is 0 Å². The number of rotatable bonds is 0. The first-order valence-electron chi connectivity index (χ1n) is 4.68. The topological polar surface area (TPSA) is 20.3 Å². The highest BCUT2D eigenvalue weighted by atomic mass is 19.2. The Bertz CT molecular complexity index is 199. The summed E-state index contributed by atoms with van der Waals surface area (Å²) in [5, 5.41) is 0.379. The second kappa shape index (κ2) is 2.71. The molecule has 1 aliphatic heterocycles. The molecule has 1 heterocycles. The molecule has 0 aromatic carbocycles. The second-order valence-corrected chi connectivity index (χ2v) is 4.11. The zero-order chi connectivity index (χ0) is 8.60. The predicted molar refractivity (Wildman–Crippen MR) is 43.0 cm³/mol. The Balaban J connectivity index is 2.06. The molecule has 2 fully saturated rings. The second-order valence-electron chi connectivity index (χ2n) is 4.11. The van der Waals surface area contributed by atoms with Crippen LogP contribution < -0.4 is 0 Å². The lowest BCUT2D eigenvalue weighted by Gasteiger charge is -2.34. The number of nitrogens with zero attached hydrogens (tertiary/aromatic N) is 1. The Morgan fingerprint density at radius 3 is 2.50 bits per heavy atom. The maximum absolute atomic E-state index is 12.7. The molecule has 1 aliphatic carbocycles. The Labute approximate surface area is 71.7 Å². The van der Waals surface area contributed by atoms with E-state index in [-0.39, 0.29) is 11.3 Å². The van der Waals surface area contributed by atoms with Crippen LogP contribution in [-0.2, 0) is 4.79 Å². The van der Waals surface area contributed by atoms with Crippen LogP contribution in [0.2, 0.25) is 0 Å². The van der Waals surface area contributed by atoms with Gasteiger partial charge in [0, 0.05) is 6.42 Å². The lowest BCUT2D eigenvalue weighted by molar-refractivity contribution is -0.155. The molecule has 0 radical (unpaired) electrons. The molecule has 0 atom stereocenters. The summed E-state index contributed by atoms with van der Waals surface area (Å²) < 4.78 is 12.7. The van der Waals surface area contributed by atoms with Gasteiger partial charge in [-0.1, -0.05) is 17.3 Å². The summed E-state index contributed by atoms with van der Waals surface area (Å²) in [6.45, 7) is 0.318. The number of carbonyl (C=O) groups excluding carboxylic acids is 1. The van der Waals surface area contributed by atoms with Crippen molar-refractivity contribution in [3.05, 3.63) is 0 Å². The maximum atomic E-state index is 12.7. The van der Waals surface area contributed by atoms with E-state index in [1.165, 1.54) is 12.8 Å². The molecular weight excluding hydrogens is 157 g/mol. The first kappa shape index (κ1) is 8.02. The van der Waals surface area contributed by atoms with E-state index in [4.69, 9.17) is 0 Å². The molecule has 1 spiro atoms. The summed E-state index contributed by atoms with van der Waals surface area (Å²) in [4.78, 5) is 11.1. The fourth-order valence-electron chi connectivity index (χ4n) is 2.51. The molecule has 2 nitrogen and oxygen atoms in total. The first-order chi connectivity index (χ1) is 5.72. The van der Waals surface area contributed by atoms with Crippen molar-refractivity contribution >= 4 is 5.91 Å². The van der Waals surface area contributed by atoms with Gasteiger partial charge in [0.05, 0.1) is 6.54 Å². The molecule has 68 valence electrons. The van der Waals surface area contributed by atoms with Crippen molar-refractivity contribution in [3.8, 4) is 0 Å². The normalized spacial score (nSPS) is 28.4. The van der Waals surface area contributed by atoms with Gasteiger partial charge in [-0.3, -0.25) is 4.79 Å². The van der Waals surface area contributed by atoms with Gasteiger partial charge in [-0.25, -0.2) is 0 Å². The Morgan fingerprint density at radius 1 is 1.25 bits per heavy atom. The van der Waals surface area contributed by atoms with E-state index in [2.05, 4.69) is 0 Å². The van der Waals surface area contributed by atoms with Crippen LogP contribution >= 0.6 is 0 Å². The van der Waals surface area contributed by atoms with E-state index in [1.807, 2.05) is 0 Å². The summed E-state index contributed by atoms with van der Waals surface area (Å²) in [5.41, 5.74) is 0.194. The minimum absolute atomic E-state index is 0.194. The van der Waals surface area contributed by atoms with Crippen LogP contribution in [0.5, 0.6) is 0 Å². The van der Waals surface area contributed by atoms with Crippen molar-refractivity contribution < 1.29 is 9.28 Å². The largest absolute Gasteiger partial charge is 0.272 e. The van der Waals surface area contributed by atoms with Crippen molar-refractivity contribution in [2.75, 3.05) is 6.54 Å². The quantitative estimate of drug-likeness (QED) is 0.511. The van der Waals surface area contributed by atoms with Gasteiger partial charge in [-0.2, -0.15) is 5.12 Å². The lowest BCUT2D eigenvalue weighted by atomic mass is 9.77. The average molecular weight is 171 g/mol. The summed E-state index contributed by atoms with van der Waals surface area (Å²) in [7, 11) is 0. The molecule has 0 aromatic rings. The van der Waals surface area contributed by atoms with Crippen LogP contribution in [0, 0.1) is 5.41 Å². The van der Waals surface area contributed by atoms with Gasteiger partial charge < -0.3 is 0 Å². The Morgan fingerprint density at radius 2 is 1.92 bits per heavy atom. The third-order valence-electron chi connectivity index (χ3n) is 3.30. The van der Waals surface area contributed by atoms with E-state index >= 15 is 0 Å². The molecule has 2 rings (SSSR count). The van der Waals surface area contributed by atoms with Crippen molar-refractivity contribution in [1.29, 1.82) is 0 Å². The lowest BCUT2D eigenvalue weighted by Crippen LogP contribution is -2.38. The van der Waals surface area contributed by atoms with Gasteiger partial charge in [0.1, 0.15) is 0 Å². The van der Waals surface area contributed by atoms with Crippen molar-refractivity contribution in [2.45, 2.75) is 38.5 Å². The fourth-order valence-corrected chi connectivity index (χ4v) is 2.51. The summed E-state index contributed by atoms with van der Waals surface area (Å²) in [6, 6.07) is 0. The highest BCUT2D eigenvalue weighted by Gasteiger charge is 2.40. The molecule has 0 N–H and O–H groups in total. The molecule has 1 saturated carbocycles. The van der Waals surface area contributed by atoms with Gasteiger partial charge in [0.25, 0.3) is 5.91 Å². The number of halogens is 1. The Kier molecular flexibility index (Phi) is 1.81. The van der Waals surface area contributed by atoms with Crippen molar-refractivity contribution in [1.82, 2.24) is 5.12 Å². The number of hydrogen-bond acceptors (Lipinski definition) is 1. The molecule has 1 amide bonds. The van der Waals surface area contributed by atoms with Crippen LogP contribution in [-0.4, -0.2) is 17.6 Å². The van der Waals surface area contributed by atoms with Crippen molar-refractivity contribution in [2.24, 2.45) is 5.41 Å². The molecule has 12 heavy (non-hydrogen) atoms. The van der Waals surface area contributed by atoms with Gasteiger partial charge in [0.2, 0.25) is 0 Å². The van der Waals surface area contributed by atoms with E-state index in [0.717, 1.165) is 19.3 Å². The van der Waals surface area contributed by atoms with E-state index in [1.54, 1.807) is 0 Å². The van der Waals surface area contributed by atoms with Crippen molar-refractivity contribution in [3.63, 3.8) is 0 Å². The zero-order valence-electron chi connectivity index (χ0n) is 7.18. The number of amides is 1. The molecular formula is C9H14FNO. The Hall–Kier alpha value is -0.600. The van der Waals surface area contributed by atoms with Gasteiger partial charge in [-0.15, -0.1) is 0 Å². The number of piperidine rings is 1. The highest BCUT2D eigenvalue weighted by Crippen LogP contribution is 2.46. The molecule has 1 saturated heterocycles. The fraction of sp³-hybridized carbons (Fsp3) is 0.889. The minimum Gasteiger partial charge on any atom is -0.272 e.